The zero-order chi connectivity index (χ0) is 11.3. The van der Waals surface area contributed by atoms with Gasteiger partial charge in [0.25, 0.3) is 0 Å². The van der Waals surface area contributed by atoms with Crippen molar-refractivity contribution in [2.24, 2.45) is 0 Å². The summed E-state index contributed by atoms with van der Waals surface area (Å²) in [5.74, 6) is 1.70. The highest BCUT2D eigenvalue weighted by Gasteiger charge is 2.41. The van der Waals surface area contributed by atoms with Crippen molar-refractivity contribution in [1.29, 1.82) is 0 Å². The van der Waals surface area contributed by atoms with Crippen molar-refractivity contribution < 1.29 is 14.6 Å². The summed E-state index contributed by atoms with van der Waals surface area (Å²) in [5, 5.41) is 9.98. The van der Waals surface area contributed by atoms with Gasteiger partial charge in [-0.2, -0.15) is 0 Å². The molecule has 86 valence electrons. The van der Waals surface area contributed by atoms with E-state index in [0.717, 1.165) is 35.5 Å². The van der Waals surface area contributed by atoms with Gasteiger partial charge in [-0.25, -0.2) is 0 Å². The molecule has 0 radical (unpaired) electrons. The number of ether oxygens (including phenoxy) is 2. The third-order valence-electron chi connectivity index (χ3n) is 3.57. The van der Waals surface area contributed by atoms with Gasteiger partial charge in [-0.3, -0.25) is 0 Å². The summed E-state index contributed by atoms with van der Waals surface area (Å²) in [6, 6.07) is 2.11. The number of benzene rings is 1. The average Bonchev–Trinajstić information content (AvgIpc) is 2.81. The first-order chi connectivity index (χ1) is 7.59. The lowest BCUT2D eigenvalue weighted by Crippen LogP contribution is -2.11. The van der Waals surface area contributed by atoms with E-state index in [1.54, 1.807) is 0 Å². The first-order valence-electron chi connectivity index (χ1n) is 5.70. The molecule has 1 heterocycles. The Hall–Kier alpha value is -1.22. The van der Waals surface area contributed by atoms with E-state index in [2.05, 4.69) is 13.0 Å². The van der Waals surface area contributed by atoms with Gasteiger partial charge < -0.3 is 14.6 Å². The molecule has 1 aliphatic carbocycles. The molecule has 1 N–H and O–H groups in total. The zero-order valence-electron chi connectivity index (χ0n) is 9.67. The summed E-state index contributed by atoms with van der Waals surface area (Å²) >= 11 is 0. The van der Waals surface area contributed by atoms with Crippen molar-refractivity contribution in [3.05, 3.63) is 22.8 Å². The molecule has 3 nitrogen and oxygen atoms in total. The van der Waals surface area contributed by atoms with Crippen LogP contribution in [-0.2, 0) is 6.42 Å². The standard InChI is InChI=1S/C13H16O3/c1-8-5-10(6-13(14)3-4-13)12-11(9(8)2)15-7-16-12/h5,14H,3-4,6-7H2,1-2H3. The molecule has 3 heteroatoms. The quantitative estimate of drug-likeness (QED) is 0.829. The van der Waals surface area contributed by atoms with Crippen molar-refractivity contribution in [2.75, 3.05) is 6.79 Å². The molecule has 0 bridgehead atoms. The van der Waals surface area contributed by atoms with E-state index >= 15 is 0 Å². The Morgan fingerprint density at radius 3 is 2.62 bits per heavy atom. The summed E-state index contributed by atoms with van der Waals surface area (Å²) in [4.78, 5) is 0. The van der Waals surface area contributed by atoms with E-state index < -0.39 is 5.60 Å². The fourth-order valence-corrected chi connectivity index (χ4v) is 2.22. The predicted octanol–water partition coefficient (Wildman–Crippen LogP) is 2.10. The van der Waals surface area contributed by atoms with E-state index in [1.165, 1.54) is 5.56 Å². The topological polar surface area (TPSA) is 38.7 Å². The van der Waals surface area contributed by atoms with Crippen LogP contribution in [0.1, 0.15) is 29.5 Å². The van der Waals surface area contributed by atoms with Gasteiger partial charge in [-0.1, -0.05) is 6.07 Å². The number of hydrogen-bond acceptors (Lipinski definition) is 3. The van der Waals surface area contributed by atoms with Crippen molar-refractivity contribution >= 4 is 0 Å². The lowest BCUT2D eigenvalue weighted by atomic mass is 9.99. The van der Waals surface area contributed by atoms with Crippen LogP contribution in [-0.4, -0.2) is 17.5 Å². The second-order valence-electron chi connectivity index (χ2n) is 4.94. The Labute approximate surface area is 95.0 Å². The van der Waals surface area contributed by atoms with Crippen molar-refractivity contribution in [1.82, 2.24) is 0 Å². The Kier molecular flexibility index (Phi) is 1.96. The summed E-state index contributed by atoms with van der Waals surface area (Å²) < 4.78 is 11.0. The number of fused-ring (bicyclic) bond motifs is 1. The maximum atomic E-state index is 9.98. The highest BCUT2D eigenvalue weighted by molar-refractivity contribution is 5.56. The summed E-state index contributed by atoms with van der Waals surface area (Å²) in [6.07, 6.45) is 2.48. The van der Waals surface area contributed by atoms with E-state index in [4.69, 9.17) is 9.47 Å². The molecule has 1 aromatic carbocycles. The Bertz CT molecular complexity index is 447. The molecule has 0 amide bonds. The van der Waals surface area contributed by atoms with Crippen LogP contribution >= 0.6 is 0 Å². The molecule has 0 aromatic heterocycles. The average molecular weight is 220 g/mol. The lowest BCUT2D eigenvalue weighted by Gasteiger charge is -2.13. The van der Waals surface area contributed by atoms with Crippen LogP contribution in [0.15, 0.2) is 6.07 Å². The first kappa shape index (κ1) is 9.97. The largest absolute Gasteiger partial charge is 0.453 e. The minimum atomic E-state index is -0.485. The predicted molar refractivity (Wildman–Crippen MR) is 59.9 cm³/mol. The minimum Gasteiger partial charge on any atom is -0.453 e. The van der Waals surface area contributed by atoms with Gasteiger partial charge >= 0.3 is 0 Å². The molecule has 0 unspecified atom stereocenters. The van der Waals surface area contributed by atoms with Crippen LogP contribution in [0.25, 0.3) is 0 Å². The van der Waals surface area contributed by atoms with Crippen molar-refractivity contribution in [3.63, 3.8) is 0 Å². The third-order valence-corrected chi connectivity index (χ3v) is 3.57. The Morgan fingerprint density at radius 1 is 1.25 bits per heavy atom. The molecule has 1 fully saturated rings. The zero-order valence-corrected chi connectivity index (χ0v) is 9.67. The maximum Gasteiger partial charge on any atom is 0.231 e. The van der Waals surface area contributed by atoms with Crippen LogP contribution in [0.2, 0.25) is 0 Å². The highest BCUT2D eigenvalue weighted by atomic mass is 16.7. The van der Waals surface area contributed by atoms with E-state index in [0.29, 0.717) is 13.2 Å². The van der Waals surface area contributed by atoms with Crippen LogP contribution in [0.3, 0.4) is 0 Å². The molecule has 1 saturated carbocycles. The molecular formula is C13H16O3. The number of aliphatic hydroxyl groups is 1. The fourth-order valence-electron chi connectivity index (χ4n) is 2.22. The molecule has 1 aromatic rings. The number of hydrogen-bond donors (Lipinski definition) is 1. The van der Waals surface area contributed by atoms with E-state index in [-0.39, 0.29) is 0 Å². The molecular weight excluding hydrogens is 204 g/mol. The number of rotatable bonds is 2. The summed E-state index contributed by atoms with van der Waals surface area (Å²) in [5.41, 5.74) is 2.93. The van der Waals surface area contributed by atoms with Crippen molar-refractivity contribution in [2.45, 2.75) is 38.7 Å². The molecule has 2 aliphatic rings. The second-order valence-corrected chi connectivity index (χ2v) is 4.94. The fraction of sp³-hybridized carbons (Fsp3) is 0.538. The second kappa shape index (κ2) is 3.14. The molecule has 16 heavy (non-hydrogen) atoms. The highest BCUT2D eigenvalue weighted by Crippen LogP contribution is 2.45. The Balaban J connectivity index is 2.04. The normalized spacial score (nSPS) is 19.9. The van der Waals surface area contributed by atoms with Gasteiger partial charge in [0.1, 0.15) is 0 Å². The van der Waals surface area contributed by atoms with E-state index in [1.807, 2.05) is 6.92 Å². The molecule has 3 rings (SSSR count). The van der Waals surface area contributed by atoms with Gasteiger partial charge in [0, 0.05) is 12.0 Å². The van der Waals surface area contributed by atoms with E-state index in [9.17, 15) is 5.11 Å². The first-order valence-corrected chi connectivity index (χ1v) is 5.70. The lowest BCUT2D eigenvalue weighted by molar-refractivity contribution is 0.147. The third kappa shape index (κ3) is 1.47. The van der Waals surface area contributed by atoms with Gasteiger partial charge in [-0.05, 0) is 37.8 Å². The SMILES string of the molecule is Cc1cc(CC2(O)CC2)c2c(c1C)OCO2. The molecule has 0 spiro atoms. The van der Waals surface area contributed by atoms with Crippen LogP contribution in [0.5, 0.6) is 11.5 Å². The maximum absolute atomic E-state index is 9.98. The summed E-state index contributed by atoms with van der Waals surface area (Å²) in [7, 11) is 0. The number of aryl methyl sites for hydroxylation is 1. The van der Waals surface area contributed by atoms with Gasteiger partial charge in [0.15, 0.2) is 11.5 Å². The van der Waals surface area contributed by atoms with Crippen molar-refractivity contribution in [3.8, 4) is 11.5 Å². The monoisotopic (exact) mass is 220 g/mol. The molecule has 0 atom stereocenters. The molecule has 1 aliphatic heterocycles. The van der Waals surface area contributed by atoms with Gasteiger partial charge in [-0.15, -0.1) is 0 Å². The minimum absolute atomic E-state index is 0.297. The van der Waals surface area contributed by atoms with Gasteiger partial charge in [0.2, 0.25) is 6.79 Å². The smallest absolute Gasteiger partial charge is 0.231 e. The van der Waals surface area contributed by atoms with Crippen LogP contribution in [0.4, 0.5) is 0 Å². The summed E-state index contributed by atoms with van der Waals surface area (Å²) in [6.45, 7) is 4.40. The van der Waals surface area contributed by atoms with Crippen LogP contribution < -0.4 is 9.47 Å². The van der Waals surface area contributed by atoms with Gasteiger partial charge in [0.05, 0.1) is 5.60 Å². The Morgan fingerprint density at radius 2 is 1.94 bits per heavy atom. The van der Waals surface area contributed by atoms with Crippen LogP contribution in [0, 0.1) is 13.8 Å². The molecule has 0 saturated heterocycles.